The van der Waals surface area contributed by atoms with Gasteiger partial charge in [0.05, 0.1) is 25.7 Å². The number of carbonyl (C=O) groups is 3. The molecule has 2 amide bonds. The van der Waals surface area contributed by atoms with E-state index >= 15 is 0 Å². The first-order chi connectivity index (χ1) is 21.1. The van der Waals surface area contributed by atoms with E-state index in [0.29, 0.717) is 44.7 Å². The Bertz CT molecular complexity index is 1220. The van der Waals surface area contributed by atoms with Crippen molar-refractivity contribution in [2.24, 2.45) is 11.8 Å². The maximum Gasteiger partial charge on any atom is 0.329 e. The summed E-state index contributed by atoms with van der Waals surface area (Å²) in [6.07, 6.45) is 7.00. The number of oxazole rings is 1. The SMILES string of the molecule is CC1=C\[C@@H](O)C[C@@H](F)Cc2nc(co2)C(=O)N2CCC[C@@H]2C(=O)O[C@H]([C@@H](C)CN2CCOCC2)[C@H](C)/C=C/C(=O)NC\C=C\1. The van der Waals surface area contributed by atoms with Crippen molar-refractivity contribution in [2.45, 2.75) is 70.9 Å². The number of alkyl halides is 1. The number of nitrogens with zero attached hydrogens (tertiary/aromatic N) is 3. The number of halogens is 1. The molecule has 0 unspecified atom stereocenters. The van der Waals surface area contributed by atoms with Gasteiger partial charge in [-0.2, -0.15) is 0 Å². The predicted molar refractivity (Wildman–Crippen MR) is 160 cm³/mol. The number of aromatic nitrogens is 1. The van der Waals surface area contributed by atoms with Crippen molar-refractivity contribution in [3.8, 4) is 0 Å². The van der Waals surface area contributed by atoms with Gasteiger partial charge in [0.2, 0.25) is 5.91 Å². The molecule has 11 nitrogen and oxygen atoms in total. The van der Waals surface area contributed by atoms with Crippen molar-refractivity contribution in [3.05, 3.63) is 53.8 Å². The number of ether oxygens (including phenoxy) is 2. The van der Waals surface area contributed by atoms with E-state index in [1.54, 1.807) is 25.2 Å². The Labute approximate surface area is 258 Å². The number of amides is 2. The van der Waals surface area contributed by atoms with Crippen LogP contribution in [0.4, 0.5) is 4.39 Å². The van der Waals surface area contributed by atoms with Crippen LogP contribution in [-0.4, -0.2) is 108 Å². The maximum atomic E-state index is 14.7. The number of rotatable bonds is 3. The first-order valence-electron chi connectivity index (χ1n) is 15.5. The molecule has 2 fully saturated rings. The Balaban J connectivity index is 1.57. The third-order valence-corrected chi connectivity index (χ3v) is 8.21. The first-order valence-corrected chi connectivity index (χ1v) is 15.5. The minimum Gasteiger partial charge on any atom is -0.460 e. The van der Waals surface area contributed by atoms with Gasteiger partial charge in [-0.1, -0.05) is 43.7 Å². The van der Waals surface area contributed by atoms with Gasteiger partial charge in [0.15, 0.2) is 11.6 Å². The van der Waals surface area contributed by atoms with Gasteiger partial charge in [0.1, 0.15) is 24.6 Å². The molecule has 0 radical (unpaired) electrons. The second-order valence-electron chi connectivity index (χ2n) is 12.0. The zero-order valence-electron chi connectivity index (χ0n) is 25.8. The number of hydrogen-bond acceptors (Lipinski definition) is 9. The number of fused-ring (bicyclic) bond motifs is 3. The Hall–Kier alpha value is -3.35. The average Bonchev–Trinajstić information content (AvgIpc) is 3.66. The van der Waals surface area contributed by atoms with Crippen molar-refractivity contribution in [2.75, 3.05) is 45.9 Å². The summed E-state index contributed by atoms with van der Waals surface area (Å²) < 4.78 is 31.8. The van der Waals surface area contributed by atoms with Crippen molar-refractivity contribution in [1.82, 2.24) is 20.1 Å². The third kappa shape index (κ3) is 9.57. The molecule has 4 rings (SSSR count). The molecular formula is C32H45FN4O7. The van der Waals surface area contributed by atoms with Crippen LogP contribution in [0.1, 0.15) is 56.4 Å². The lowest BCUT2D eigenvalue weighted by molar-refractivity contribution is -0.159. The second kappa shape index (κ2) is 16.1. The fourth-order valence-corrected chi connectivity index (χ4v) is 5.93. The van der Waals surface area contributed by atoms with Crippen LogP contribution in [0.2, 0.25) is 0 Å². The van der Waals surface area contributed by atoms with Crippen molar-refractivity contribution in [3.63, 3.8) is 0 Å². The highest BCUT2D eigenvalue weighted by molar-refractivity contribution is 5.95. The molecule has 44 heavy (non-hydrogen) atoms. The molecule has 1 aromatic rings. The van der Waals surface area contributed by atoms with E-state index in [4.69, 9.17) is 13.9 Å². The summed E-state index contributed by atoms with van der Waals surface area (Å²) in [5, 5.41) is 13.1. The fourth-order valence-electron chi connectivity index (χ4n) is 5.93. The topological polar surface area (TPSA) is 134 Å². The lowest BCUT2D eigenvalue weighted by Crippen LogP contribution is -2.46. The van der Waals surface area contributed by atoms with Gasteiger partial charge >= 0.3 is 5.97 Å². The van der Waals surface area contributed by atoms with Crippen LogP contribution < -0.4 is 5.32 Å². The summed E-state index contributed by atoms with van der Waals surface area (Å²) in [4.78, 5) is 47.5. The van der Waals surface area contributed by atoms with Crippen molar-refractivity contribution < 1.29 is 37.8 Å². The molecule has 2 saturated heterocycles. The highest BCUT2D eigenvalue weighted by Crippen LogP contribution is 2.26. The Morgan fingerprint density at radius 3 is 2.73 bits per heavy atom. The van der Waals surface area contributed by atoms with Gasteiger partial charge in [-0.3, -0.25) is 14.5 Å². The zero-order valence-corrected chi connectivity index (χ0v) is 25.8. The van der Waals surface area contributed by atoms with Gasteiger partial charge in [-0.25, -0.2) is 14.2 Å². The summed E-state index contributed by atoms with van der Waals surface area (Å²) in [5.41, 5.74) is 0.704. The van der Waals surface area contributed by atoms with Crippen LogP contribution in [0, 0.1) is 11.8 Å². The van der Waals surface area contributed by atoms with Crippen LogP contribution in [0.15, 0.2) is 46.6 Å². The quantitative estimate of drug-likeness (QED) is 0.492. The van der Waals surface area contributed by atoms with Crippen LogP contribution in [0.3, 0.4) is 0 Å². The van der Waals surface area contributed by atoms with E-state index in [1.165, 1.54) is 23.3 Å². The zero-order chi connectivity index (χ0) is 31.6. The number of nitrogens with one attached hydrogen (secondary N) is 1. The summed E-state index contributed by atoms with van der Waals surface area (Å²) in [6.45, 7) is 9.85. The van der Waals surface area contributed by atoms with Gasteiger partial charge in [0.25, 0.3) is 5.91 Å². The van der Waals surface area contributed by atoms with Gasteiger partial charge in [-0.15, -0.1) is 0 Å². The molecule has 2 N–H and O–H groups in total. The van der Waals surface area contributed by atoms with Crippen LogP contribution >= 0.6 is 0 Å². The number of esters is 1. The number of aliphatic hydroxyl groups is 1. The summed E-state index contributed by atoms with van der Waals surface area (Å²) in [6, 6.07) is -0.798. The van der Waals surface area contributed by atoms with E-state index in [1.807, 2.05) is 13.8 Å². The Kier molecular flexibility index (Phi) is 12.3. The predicted octanol–water partition coefficient (Wildman–Crippen LogP) is 2.62. The molecule has 3 aliphatic rings. The van der Waals surface area contributed by atoms with E-state index in [0.717, 1.165) is 13.1 Å². The van der Waals surface area contributed by atoms with Crippen LogP contribution in [-0.2, 0) is 25.5 Å². The summed E-state index contributed by atoms with van der Waals surface area (Å²) in [7, 11) is 0. The number of hydrogen-bond donors (Lipinski definition) is 2. The Morgan fingerprint density at radius 1 is 1.18 bits per heavy atom. The molecule has 0 aliphatic carbocycles. The van der Waals surface area contributed by atoms with Crippen molar-refractivity contribution >= 4 is 17.8 Å². The number of cyclic esters (lactones) is 1. The van der Waals surface area contributed by atoms with E-state index in [9.17, 15) is 23.9 Å². The lowest BCUT2D eigenvalue weighted by Gasteiger charge is -2.35. The van der Waals surface area contributed by atoms with E-state index in [-0.39, 0.29) is 48.7 Å². The second-order valence-corrected chi connectivity index (χ2v) is 12.0. The fraction of sp³-hybridized carbons (Fsp3) is 0.625. The van der Waals surface area contributed by atoms with Crippen LogP contribution in [0.5, 0.6) is 0 Å². The number of morpholine rings is 1. The molecule has 12 heteroatoms. The van der Waals surface area contributed by atoms with Gasteiger partial charge in [0, 0.05) is 51.0 Å². The molecule has 0 spiro atoms. The first kappa shape index (κ1) is 33.5. The molecule has 1 aromatic heterocycles. The monoisotopic (exact) mass is 616 g/mol. The molecule has 0 saturated carbocycles. The standard InChI is InChI=1S/C32H45FN4O7/c1-21-6-4-10-34-28(39)9-8-22(2)30(23(3)19-36-12-14-42-15-13-36)44-32(41)27-7-5-11-37(27)31(40)26-20-43-29(35-26)18-24(33)17-25(38)16-21/h4,6,8-9,16,20,22-25,27,30,38H,5,7,10-15,17-19H2,1-3H3,(H,34,39)/b6-4+,9-8+,21-16+/t22-,23+,24-,25-,27-,30+/m1/s1. The molecule has 3 aliphatic heterocycles. The number of carbonyl (C=O) groups excluding carboxylic acids is 3. The molecular weight excluding hydrogens is 571 g/mol. The molecule has 6 atom stereocenters. The van der Waals surface area contributed by atoms with Gasteiger partial charge in [-0.05, 0) is 25.8 Å². The lowest BCUT2D eigenvalue weighted by atomic mass is 9.92. The molecule has 2 bridgehead atoms. The average molecular weight is 617 g/mol. The van der Waals surface area contributed by atoms with Crippen molar-refractivity contribution in [1.29, 1.82) is 0 Å². The summed E-state index contributed by atoms with van der Waals surface area (Å²) >= 11 is 0. The highest BCUT2D eigenvalue weighted by atomic mass is 19.1. The molecule has 4 heterocycles. The molecule has 242 valence electrons. The Morgan fingerprint density at radius 2 is 1.95 bits per heavy atom. The minimum atomic E-state index is -1.46. The van der Waals surface area contributed by atoms with Crippen LogP contribution in [0.25, 0.3) is 0 Å². The smallest absolute Gasteiger partial charge is 0.329 e. The van der Waals surface area contributed by atoms with E-state index < -0.39 is 36.3 Å². The van der Waals surface area contributed by atoms with E-state index in [2.05, 4.69) is 15.2 Å². The number of aliphatic hydroxyl groups excluding tert-OH is 1. The largest absolute Gasteiger partial charge is 0.460 e. The third-order valence-electron chi connectivity index (χ3n) is 8.21. The highest BCUT2D eigenvalue weighted by Gasteiger charge is 2.39. The summed E-state index contributed by atoms with van der Waals surface area (Å²) in [5.74, 6) is -1.61. The number of allylic oxidation sites excluding steroid dienone is 2. The minimum absolute atomic E-state index is 0.00809. The van der Waals surface area contributed by atoms with Gasteiger partial charge < -0.3 is 29.2 Å². The molecule has 0 aromatic carbocycles. The normalized spacial score (nSPS) is 32.1. The maximum absolute atomic E-state index is 14.7.